The second-order valence-electron chi connectivity index (χ2n) is 2.59. The molecule has 0 heterocycles. The molecule has 0 spiro atoms. The van der Waals surface area contributed by atoms with Gasteiger partial charge in [-0.15, -0.1) is 0 Å². The lowest BCUT2D eigenvalue weighted by molar-refractivity contribution is 0.0467. The van der Waals surface area contributed by atoms with Crippen LogP contribution in [0.3, 0.4) is 0 Å². The van der Waals surface area contributed by atoms with Crippen LogP contribution in [0.1, 0.15) is 27.2 Å². The van der Waals surface area contributed by atoms with Crippen LogP contribution in [0.25, 0.3) is 0 Å². The molecule has 0 fully saturated rings. The minimum Gasteiger partial charge on any atom is -0.381 e. The van der Waals surface area contributed by atoms with Crippen LogP contribution in [-0.4, -0.2) is 26.4 Å². The van der Waals surface area contributed by atoms with Gasteiger partial charge in [0.25, 0.3) is 0 Å². The van der Waals surface area contributed by atoms with Crippen LogP contribution < -0.4 is 0 Å². The molecule has 0 aromatic rings. The molecular weight excluding hydrogens is 140 g/mol. The van der Waals surface area contributed by atoms with Crippen molar-refractivity contribution in [3.63, 3.8) is 0 Å². The quantitative estimate of drug-likeness (QED) is 0.567. The summed E-state index contributed by atoms with van der Waals surface area (Å²) >= 11 is 0. The van der Waals surface area contributed by atoms with Gasteiger partial charge in [0.05, 0.1) is 13.2 Å². The summed E-state index contributed by atoms with van der Waals surface area (Å²) in [6.45, 7) is 9.51. The highest BCUT2D eigenvalue weighted by Gasteiger charge is 2.04. The minimum absolute atomic E-state index is 0.579. The highest BCUT2D eigenvalue weighted by Crippen LogP contribution is 2.03. The SMILES string of the molecule is CCOCC(CC)COCC. The van der Waals surface area contributed by atoms with Crippen molar-refractivity contribution in [1.29, 1.82) is 0 Å². The van der Waals surface area contributed by atoms with Crippen molar-refractivity contribution in [2.24, 2.45) is 5.92 Å². The fraction of sp³-hybridized carbons (Fsp3) is 1.00. The monoisotopic (exact) mass is 160 g/mol. The molecule has 2 nitrogen and oxygen atoms in total. The summed E-state index contributed by atoms with van der Waals surface area (Å²) in [4.78, 5) is 0. The Hall–Kier alpha value is -0.0800. The Labute approximate surface area is 69.9 Å². The molecule has 0 radical (unpaired) electrons. The topological polar surface area (TPSA) is 18.5 Å². The van der Waals surface area contributed by atoms with Gasteiger partial charge in [-0.2, -0.15) is 0 Å². The molecule has 68 valence electrons. The Bertz CT molecular complexity index is 66.0. The average Bonchev–Trinajstić information content (AvgIpc) is 2.05. The first-order chi connectivity index (χ1) is 5.35. The van der Waals surface area contributed by atoms with Crippen molar-refractivity contribution >= 4 is 0 Å². The van der Waals surface area contributed by atoms with E-state index in [1.54, 1.807) is 0 Å². The van der Waals surface area contributed by atoms with Gasteiger partial charge in [-0.05, 0) is 20.3 Å². The van der Waals surface area contributed by atoms with Crippen LogP contribution in [0.2, 0.25) is 0 Å². The molecule has 0 rings (SSSR count). The standard InChI is InChI=1S/C9H20O2/c1-4-9(7-10-5-2)8-11-6-3/h9H,4-8H2,1-3H3. The number of hydrogen-bond acceptors (Lipinski definition) is 2. The third kappa shape index (κ3) is 6.32. The zero-order valence-electron chi connectivity index (χ0n) is 7.93. The summed E-state index contributed by atoms with van der Waals surface area (Å²) in [6, 6.07) is 0. The van der Waals surface area contributed by atoms with Gasteiger partial charge >= 0.3 is 0 Å². The van der Waals surface area contributed by atoms with E-state index in [4.69, 9.17) is 9.47 Å². The summed E-state index contributed by atoms with van der Waals surface area (Å²) in [5.41, 5.74) is 0. The normalized spacial score (nSPS) is 10.9. The van der Waals surface area contributed by atoms with Gasteiger partial charge in [-0.1, -0.05) is 6.92 Å². The largest absolute Gasteiger partial charge is 0.381 e. The van der Waals surface area contributed by atoms with Crippen molar-refractivity contribution in [2.45, 2.75) is 27.2 Å². The zero-order chi connectivity index (χ0) is 8.53. The molecule has 2 heteroatoms. The molecule has 0 atom stereocenters. The second kappa shape index (κ2) is 8.02. The van der Waals surface area contributed by atoms with E-state index in [1.807, 2.05) is 13.8 Å². The Morgan fingerprint density at radius 3 is 1.64 bits per heavy atom. The van der Waals surface area contributed by atoms with Gasteiger partial charge < -0.3 is 9.47 Å². The van der Waals surface area contributed by atoms with E-state index in [0.717, 1.165) is 32.8 Å². The molecule has 0 bridgehead atoms. The third-order valence-corrected chi connectivity index (χ3v) is 1.69. The van der Waals surface area contributed by atoms with Gasteiger partial charge in [0.1, 0.15) is 0 Å². The smallest absolute Gasteiger partial charge is 0.0516 e. The van der Waals surface area contributed by atoms with Crippen LogP contribution in [0, 0.1) is 5.92 Å². The average molecular weight is 160 g/mol. The van der Waals surface area contributed by atoms with Gasteiger partial charge in [0.2, 0.25) is 0 Å². The minimum atomic E-state index is 0.579. The van der Waals surface area contributed by atoms with Crippen LogP contribution >= 0.6 is 0 Å². The fourth-order valence-electron chi connectivity index (χ4n) is 0.853. The summed E-state index contributed by atoms with van der Waals surface area (Å²) in [7, 11) is 0. The maximum atomic E-state index is 5.30. The van der Waals surface area contributed by atoms with Gasteiger partial charge in [-0.3, -0.25) is 0 Å². The lowest BCUT2D eigenvalue weighted by Crippen LogP contribution is -2.15. The van der Waals surface area contributed by atoms with Gasteiger partial charge in [0.15, 0.2) is 0 Å². The first-order valence-electron chi connectivity index (χ1n) is 4.50. The molecule has 0 aliphatic rings. The molecule has 0 aromatic carbocycles. The lowest BCUT2D eigenvalue weighted by atomic mass is 10.1. The first-order valence-corrected chi connectivity index (χ1v) is 4.50. The molecule has 0 aromatic heterocycles. The molecule has 0 unspecified atom stereocenters. The highest BCUT2D eigenvalue weighted by atomic mass is 16.5. The molecule has 0 aliphatic carbocycles. The Morgan fingerprint density at radius 1 is 0.909 bits per heavy atom. The van der Waals surface area contributed by atoms with E-state index >= 15 is 0 Å². The predicted octanol–water partition coefficient (Wildman–Crippen LogP) is 2.09. The molecule has 0 amide bonds. The van der Waals surface area contributed by atoms with Crippen LogP contribution in [-0.2, 0) is 9.47 Å². The number of hydrogen-bond donors (Lipinski definition) is 0. The molecule has 0 saturated carbocycles. The Balaban J connectivity index is 3.25. The molecule has 0 N–H and O–H groups in total. The highest BCUT2D eigenvalue weighted by molar-refractivity contribution is 4.53. The summed E-state index contributed by atoms with van der Waals surface area (Å²) in [5.74, 6) is 0.579. The molecular formula is C9H20O2. The van der Waals surface area contributed by atoms with Crippen molar-refractivity contribution < 1.29 is 9.47 Å². The van der Waals surface area contributed by atoms with E-state index in [0.29, 0.717) is 5.92 Å². The summed E-state index contributed by atoms with van der Waals surface area (Å²) in [5, 5.41) is 0. The van der Waals surface area contributed by atoms with E-state index in [-0.39, 0.29) is 0 Å². The summed E-state index contributed by atoms with van der Waals surface area (Å²) in [6.07, 6.45) is 1.14. The van der Waals surface area contributed by atoms with E-state index in [9.17, 15) is 0 Å². The summed E-state index contributed by atoms with van der Waals surface area (Å²) < 4.78 is 10.6. The van der Waals surface area contributed by atoms with Crippen molar-refractivity contribution in [3.05, 3.63) is 0 Å². The maximum Gasteiger partial charge on any atom is 0.0516 e. The van der Waals surface area contributed by atoms with Crippen molar-refractivity contribution in [1.82, 2.24) is 0 Å². The second-order valence-corrected chi connectivity index (χ2v) is 2.59. The Kier molecular flexibility index (Phi) is 7.96. The van der Waals surface area contributed by atoms with Crippen molar-refractivity contribution in [3.8, 4) is 0 Å². The number of rotatable bonds is 7. The van der Waals surface area contributed by atoms with E-state index in [1.165, 1.54) is 0 Å². The fourth-order valence-corrected chi connectivity index (χ4v) is 0.853. The molecule has 11 heavy (non-hydrogen) atoms. The van der Waals surface area contributed by atoms with Crippen LogP contribution in [0.5, 0.6) is 0 Å². The molecule has 0 aliphatic heterocycles. The van der Waals surface area contributed by atoms with Gasteiger partial charge in [0, 0.05) is 19.1 Å². The Morgan fingerprint density at radius 2 is 1.36 bits per heavy atom. The first kappa shape index (κ1) is 10.9. The number of ether oxygens (including phenoxy) is 2. The van der Waals surface area contributed by atoms with E-state index < -0.39 is 0 Å². The molecule has 0 saturated heterocycles. The zero-order valence-corrected chi connectivity index (χ0v) is 7.93. The van der Waals surface area contributed by atoms with Crippen molar-refractivity contribution in [2.75, 3.05) is 26.4 Å². The van der Waals surface area contributed by atoms with Gasteiger partial charge in [-0.25, -0.2) is 0 Å². The predicted molar refractivity (Wildman–Crippen MR) is 46.8 cm³/mol. The maximum absolute atomic E-state index is 5.30. The lowest BCUT2D eigenvalue weighted by Gasteiger charge is -2.13. The van der Waals surface area contributed by atoms with Crippen LogP contribution in [0.4, 0.5) is 0 Å². The van der Waals surface area contributed by atoms with E-state index in [2.05, 4.69) is 6.92 Å². The van der Waals surface area contributed by atoms with Crippen LogP contribution in [0.15, 0.2) is 0 Å². The third-order valence-electron chi connectivity index (χ3n) is 1.69.